The van der Waals surface area contributed by atoms with E-state index in [2.05, 4.69) is 15.5 Å². The van der Waals surface area contributed by atoms with Gasteiger partial charge in [0.1, 0.15) is 5.82 Å². The molecule has 5 nitrogen and oxygen atoms in total. The fourth-order valence-electron chi connectivity index (χ4n) is 2.81. The van der Waals surface area contributed by atoms with Gasteiger partial charge in [0.2, 0.25) is 11.8 Å². The minimum absolute atomic E-state index is 0.229. The predicted octanol–water partition coefficient (Wildman–Crippen LogP) is 4.05. The Morgan fingerprint density at radius 3 is 2.42 bits per heavy atom. The summed E-state index contributed by atoms with van der Waals surface area (Å²) in [5.74, 6) is 0.316. The summed E-state index contributed by atoms with van der Waals surface area (Å²) in [4.78, 5) is 12.3. The summed E-state index contributed by atoms with van der Waals surface area (Å²) < 4.78 is 19.8. The van der Waals surface area contributed by atoms with Gasteiger partial charge in [-0.3, -0.25) is 4.79 Å². The normalized spacial score (nSPS) is 13.7. The number of benzene rings is 2. The number of nitrogens with one attached hydrogen (secondary N) is 1. The third-order valence-corrected chi connectivity index (χ3v) is 4.49. The molecule has 1 aromatic heterocycles. The first-order chi connectivity index (χ1) is 12.5. The smallest absolute Gasteiger partial charge is 0.251 e. The molecule has 0 saturated heterocycles. The monoisotopic (exact) mass is 351 g/mol. The molecule has 4 rings (SSSR count). The van der Waals surface area contributed by atoms with E-state index in [9.17, 15) is 9.18 Å². The van der Waals surface area contributed by atoms with Crippen LogP contribution in [0.25, 0.3) is 22.6 Å². The lowest BCUT2D eigenvalue weighted by Gasteiger charge is -2.11. The fourth-order valence-corrected chi connectivity index (χ4v) is 2.81. The molecule has 1 N–H and O–H groups in total. The van der Waals surface area contributed by atoms with E-state index in [0.717, 1.165) is 24.0 Å². The quantitative estimate of drug-likeness (QED) is 0.770. The van der Waals surface area contributed by atoms with Crippen LogP contribution < -0.4 is 5.32 Å². The first kappa shape index (κ1) is 16.4. The van der Waals surface area contributed by atoms with Gasteiger partial charge in [-0.1, -0.05) is 12.1 Å². The summed E-state index contributed by atoms with van der Waals surface area (Å²) in [6.45, 7) is 3.44. The number of hydrogen-bond donors (Lipinski definition) is 1. The summed E-state index contributed by atoms with van der Waals surface area (Å²) in [6.07, 6.45) is 1.98. The van der Waals surface area contributed by atoms with Gasteiger partial charge in [-0.25, -0.2) is 4.39 Å². The van der Waals surface area contributed by atoms with Gasteiger partial charge in [0.25, 0.3) is 5.91 Å². The zero-order valence-corrected chi connectivity index (χ0v) is 14.5. The summed E-state index contributed by atoms with van der Waals surface area (Å²) in [7, 11) is 0. The fraction of sp³-hybridized carbons (Fsp3) is 0.250. The van der Waals surface area contributed by atoms with Crippen LogP contribution in [-0.2, 0) is 0 Å². The molecule has 1 aliphatic rings. The lowest BCUT2D eigenvalue weighted by Crippen LogP contribution is -2.25. The zero-order chi connectivity index (χ0) is 18.3. The van der Waals surface area contributed by atoms with E-state index in [-0.39, 0.29) is 17.8 Å². The maximum absolute atomic E-state index is 14.4. The van der Waals surface area contributed by atoms with Crippen LogP contribution in [0.2, 0.25) is 0 Å². The van der Waals surface area contributed by atoms with Crippen molar-refractivity contribution in [1.82, 2.24) is 15.5 Å². The van der Waals surface area contributed by atoms with Crippen LogP contribution in [0.5, 0.6) is 0 Å². The number of rotatable bonds is 4. The first-order valence-electron chi connectivity index (χ1n) is 8.53. The molecule has 1 heterocycles. The Labute approximate surface area is 150 Å². The first-order valence-corrected chi connectivity index (χ1v) is 8.53. The highest BCUT2D eigenvalue weighted by molar-refractivity contribution is 5.96. The molecule has 0 unspecified atom stereocenters. The van der Waals surface area contributed by atoms with E-state index in [0.29, 0.717) is 28.5 Å². The highest BCUT2D eigenvalue weighted by atomic mass is 19.1. The molecule has 1 amide bonds. The Bertz CT molecular complexity index is 975. The van der Waals surface area contributed by atoms with Crippen molar-refractivity contribution in [3.8, 4) is 22.6 Å². The summed E-state index contributed by atoms with van der Waals surface area (Å²) in [5.41, 5.74) is 3.15. The second-order valence-electron chi connectivity index (χ2n) is 6.58. The number of nitrogens with zero attached hydrogens (tertiary/aromatic N) is 2. The maximum Gasteiger partial charge on any atom is 0.251 e. The Hall–Kier alpha value is -3.02. The molecule has 0 atom stereocenters. The third-order valence-electron chi connectivity index (χ3n) is 4.49. The van der Waals surface area contributed by atoms with Crippen LogP contribution in [0, 0.1) is 19.7 Å². The average Bonchev–Trinajstić information content (AvgIpc) is 3.34. The van der Waals surface area contributed by atoms with Crippen molar-refractivity contribution < 1.29 is 13.6 Å². The minimum Gasteiger partial charge on any atom is -0.421 e. The Morgan fingerprint density at radius 1 is 1.12 bits per heavy atom. The number of aryl methyl sites for hydroxylation is 1. The molecule has 1 fully saturated rings. The van der Waals surface area contributed by atoms with Crippen molar-refractivity contribution in [2.24, 2.45) is 0 Å². The Balaban J connectivity index is 1.67. The largest absolute Gasteiger partial charge is 0.421 e. The van der Waals surface area contributed by atoms with Crippen LogP contribution in [0.4, 0.5) is 4.39 Å². The molecule has 26 heavy (non-hydrogen) atoms. The molecule has 6 heteroatoms. The van der Waals surface area contributed by atoms with Crippen LogP contribution in [0.1, 0.15) is 34.7 Å². The molecule has 1 aliphatic carbocycles. The molecular formula is C20H18FN3O2. The van der Waals surface area contributed by atoms with E-state index >= 15 is 0 Å². The van der Waals surface area contributed by atoms with Gasteiger partial charge in [-0.2, -0.15) is 0 Å². The zero-order valence-electron chi connectivity index (χ0n) is 14.5. The van der Waals surface area contributed by atoms with Gasteiger partial charge < -0.3 is 9.73 Å². The van der Waals surface area contributed by atoms with Crippen molar-refractivity contribution in [2.45, 2.75) is 32.7 Å². The van der Waals surface area contributed by atoms with Crippen molar-refractivity contribution >= 4 is 5.91 Å². The van der Waals surface area contributed by atoms with Gasteiger partial charge >= 0.3 is 0 Å². The third kappa shape index (κ3) is 3.22. The second kappa shape index (κ2) is 6.37. The highest BCUT2D eigenvalue weighted by Gasteiger charge is 2.24. The number of hydrogen-bond acceptors (Lipinski definition) is 4. The van der Waals surface area contributed by atoms with Crippen molar-refractivity contribution in [3.05, 3.63) is 59.2 Å². The van der Waals surface area contributed by atoms with Gasteiger partial charge in [-0.15, -0.1) is 10.2 Å². The topological polar surface area (TPSA) is 68.0 Å². The molecule has 1 saturated carbocycles. The lowest BCUT2D eigenvalue weighted by molar-refractivity contribution is 0.0950. The van der Waals surface area contributed by atoms with Crippen LogP contribution in [0.15, 0.2) is 40.8 Å². The minimum atomic E-state index is -0.389. The average molecular weight is 351 g/mol. The molecule has 0 spiro atoms. The standard InChI is InChI=1S/C20H18FN3O2/c1-11-17(9-15(10-18(11)21)19(25)22-16-7-8-16)13-3-5-14(6-4-13)20-24-23-12(2)26-20/h3-6,9-10,16H,7-8H2,1-2H3,(H,22,25). The van der Waals surface area contributed by atoms with Crippen LogP contribution in [-0.4, -0.2) is 22.1 Å². The van der Waals surface area contributed by atoms with Gasteiger partial charge in [0, 0.05) is 24.1 Å². The molecule has 0 bridgehead atoms. The Kier molecular flexibility index (Phi) is 4.03. The van der Waals surface area contributed by atoms with Gasteiger partial charge in [0.05, 0.1) is 0 Å². The lowest BCUT2D eigenvalue weighted by atomic mass is 9.96. The van der Waals surface area contributed by atoms with E-state index in [1.54, 1.807) is 19.9 Å². The Morgan fingerprint density at radius 2 is 1.81 bits per heavy atom. The molecule has 0 radical (unpaired) electrons. The molecular weight excluding hydrogens is 333 g/mol. The van der Waals surface area contributed by atoms with Crippen LogP contribution >= 0.6 is 0 Å². The molecule has 2 aromatic carbocycles. The number of carbonyl (C=O) groups excluding carboxylic acids is 1. The van der Waals surface area contributed by atoms with Gasteiger partial charge in [0.15, 0.2) is 0 Å². The molecule has 0 aliphatic heterocycles. The van der Waals surface area contributed by atoms with Crippen molar-refractivity contribution in [1.29, 1.82) is 0 Å². The molecule has 3 aromatic rings. The van der Waals surface area contributed by atoms with Crippen molar-refractivity contribution in [2.75, 3.05) is 0 Å². The summed E-state index contributed by atoms with van der Waals surface area (Å²) in [5, 5.41) is 10.7. The number of carbonyl (C=O) groups is 1. The highest BCUT2D eigenvalue weighted by Crippen LogP contribution is 2.29. The van der Waals surface area contributed by atoms with Crippen LogP contribution in [0.3, 0.4) is 0 Å². The second-order valence-corrected chi connectivity index (χ2v) is 6.58. The number of amides is 1. The van der Waals surface area contributed by atoms with E-state index in [4.69, 9.17) is 4.42 Å². The summed E-state index contributed by atoms with van der Waals surface area (Å²) in [6, 6.07) is 10.7. The predicted molar refractivity (Wildman–Crippen MR) is 95.1 cm³/mol. The summed E-state index contributed by atoms with van der Waals surface area (Å²) >= 11 is 0. The number of halogens is 1. The van der Waals surface area contributed by atoms with Gasteiger partial charge in [-0.05, 0) is 60.7 Å². The van der Waals surface area contributed by atoms with E-state index < -0.39 is 0 Å². The van der Waals surface area contributed by atoms with E-state index in [1.807, 2.05) is 24.3 Å². The van der Waals surface area contributed by atoms with Crippen molar-refractivity contribution in [3.63, 3.8) is 0 Å². The van der Waals surface area contributed by atoms with E-state index in [1.165, 1.54) is 6.07 Å². The molecule has 132 valence electrons. The SMILES string of the molecule is Cc1nnc(-c2ccc(-c3cc(C(=O)NC4CC4)cc(F)c3C)cc2)o1. The number of aromatic nitrogens is 2. The maximum atomic E-state index is 14.4.